The average Bonchev–Trinajstić information content (AvgIpc) is 2.77. The highest BCUT2D eigenvalue weighted by atomic mass is 79.9. The minimum Gasteiger partial charge on any atom is -0.459 e. The molecule has 0 saturated carbocycles. The molecule has 1 unspecified atom stereocenters. The number of nitrogens with one attached hydrogen (secondary N) is 1. The molecular weight excluding hydrogens is 290 g/mol. The maximum absolute atomic E-state index is 5.95. The molecular formula is C15H20BrNO. The Hall–Kier alpha value is -0.800. The molecule has 0 bridgehead atoms. The van der Waals surface area contributed by atoms with E-state index in [9.17, 15) is 0 Å². The third kappa shape index (κ3) is 3.15. The number of halogens is 1. The molecule has 2 rings (SSSR count). The van der Waals surface area contributed by atoms with Crippen molar-refractivity contribution in [3.63, 3.8) is 0 Å². The van der Waals surface area contributed by atoms with Gasteiger partial charge in [0, 0.05) is 9.86 Å². The Labute approximate surface area is 117 Å². The molecule has 1 N–H and O–H groups in total. The molecule has 0 saturated heterocycles. The van der Waals surface area contributed by atoms with Crippen LogP contribution < -0.4 is 5.32 Å². The van der Waals surface area contributed by atoms with Gasteiger partial charge in [-0.15, -0.1) is 0 Å². The van der Waals surface area contributed by atoms with Crippen molar-refractivity contribution in [2.75, 3.05) is 6.54 Å². The van der Waals surface area contributed by atoms with Crippen molar-refractivity contribution in [2.45, 2.75) is 39.2 Å². The summed E-state index contributed by atoms with van der Waals surface area (Å²) >= 11 is 3.49. The fourth-order valence-electron chi connectivity index (χ4n) is 2.16. The van der Waals surface area contributed by atoms with E-state index in [4.69, 9.17) is 4.42 Å². The molecule has 2 aromatic rings. The first-order valence-electron chi connectivity index (χ1n) is 6.67. The highest BCUT2D eigenvalue weighted by Gasteiger charge is 2.14. The lowest BCUT2D eigenvalue weighted by atomic mass is 10.1. The van der Waals surface area contributed by atoms with E-state index >= 15 is 0 Å². The van der Waals surface area contributed by atoms with Gasteiger partial charge in [0.05, 0.1) is 6.04 Å². The van der Waals surface area contributed by atoms with Crippen LogP contribution in [-0.2, 0) is 0 Å². The summed E-state index contributed by atoms with van der Waals surface area (Å²) in [6, 6.07) is 8.63. The zero-order valence-electron chi connectivity index (χ0n) is 11.0. The summed E-state index contributed by atoms with van der Waals surface area (Å²) in [5.41, 5.74) is 0.965. The summed E-state index contributed by atoms with van der Waals surface area (Å²) in [5.74, 6) is 1.05. The van der Waals surface area contributed by atoms with E-state index in [-0.39, 0.29) is 0 Å². The van der Waals surface area contributed by atoms with Crippen LogP contribution in [0.5, 0.6) is 0 Å². The largest absolute Gasteiger partial charge is 0.459 e. The van der Waals surface area contributed by atoms with Crippen molar-refractivity contribution < 1.29 is 4.42 Å². The van der Waals surface area contributed by atoms with Crippen molar-refractivity contribution in [1.82, 2.24) is 5.32 Å². The van der Waals surface area contributed by atoms with Gasteiger partial charge in [0.2, 0.25) is 0 Å². The number of benzene rings is 1. The Morgan fingerprint density at radius 2 is 2.06 bits per heavy atom. The number of hydrogen-bond acceptors (Lipinski definition) is 2. The maximum Gasteiger partial charge on any atom is 0.134 e. The smallest absolute Gasteiger partial charge is 0.134 e. The molecule has 0 spiro atoms. The van der Waals surface area contributed by atoms with Gasteiger partial charge in [0.15, 0.2) is 0 Å². The minimum absolute atomic E-state index is 0.334. The molecule has 0 fully saturated rings. The van der Waals surface area contributed by atoms with Crippen molar-refractivity contribution in [3.8, 4) is 0 Å². The molecule has 1 heterocycles. The van der Waals surface area contributed by atoms with Gasteiger partial charge in [-0.3, -0.25) is 0 Å². The lowest BCUT2D eigenvalue weighted by Crippen LogP contribution is -2.21. The second kappa shape index (κ2) is 6.39. The van der Waals surface area contributed by atoms with Crippen LogP contribution >= 0.6 is 15.9 Å². The quantitative estimate of drug-likeness (QED) is 0.809. The SMILES string of the molecule is CCCNC(CCC)c1cc2cc(Br)ccc2o1. The van der Waals surface area contributed by atoms with E-state index in [1.54, 1.807) is 0 Å². The highest BCUT2D eigenvalue weighted by Crippen LogP contribution is 2.28. The molecule has 18 heavy (non-hydrogen) atoms. The predicted molar refractivity (Wildman–Crippen MR) is 79.9 cm³/mol. The van der Waals surface area contributed by atoms with Crippen LogP contribution in [0, 0.1) is 0 Å². The first kappa shape index (κ1) is 13.6. The number of furan rings is 1. The van der Waals surface area contributed by atoms with Gasteiger partial charge in [-0.2, -0.15) is 0 Å². The molecule has 0 radical (unpaired) electrons. The van der Waals surface area contributed by atoms with Gasteiger partial charge in [-0.05, 0) is 43.7 Å². The van der Waals surface area contributed by atoms with Crippen LogP contribution in [0.2, 0.25) is 0 Å². The maximum atomic E-state index is 5.95. The minimum atomic E-state index is 0.334. The molecule has 2 nitrogen and oxygen atoms in total. The average molecular weight is 310 g/mol. The number of fused-ring (bicyclic) bond motifs is 1. The van der Waals surface area contributed by atoms with Crippen LogP contribution in [0.25, 0.3) is 11.0 Å². The molecule has 98 valence electrons. The Balaban J connectivity index is 2.26. The summed E-state index contributed by atoms with van der Waals surface area (Å²) in [7, 11) is 0. The Morgan fingerprint density at radius 1 is 1.22 bits per heavy atom. The first-order chi connectivity index (χ1) is 8.74. The third-order valence-corrected chi connectivity index (χ3v) is 3.55. The van der Waals surface area contributed by atoms with Crippen LogP contribution in [0.4, 0.5) is 0 Å². The fourth-order valence-corrected chi connectivity index (χ4v) is 2.54. The van der Waals surface area contributed by atoms with Crippen molar-refractivity contribution in [1.29, 1.82) is 0 Å². The Kier molecular flexibility index (Phi) is 4.84. The van der Waals surface area contributed by atoms with Crippen LogP contribution in [0.15, 0.2) is 33.2 Å². The molecule has 3 heteroatoms. The predicted octanol–water partition coefficient (Wildman–Crippen LogP) is 5.04. The lowest BCUT2D eigenvalue weighted by Gasteiger charge is -2.14. The van der Waals surface area contributed by atoms with Crippen LogP contribution in [-0.4, -0.2) is 6.54 Å². The second-order valence-corrected chi connectivity index (χ2v) is 5.54. The van der Waals surface area contributed by atoms with Gasteiger partial charge in [-0.25, -0.2) is 0 Å². The highest BCUT2D eigenvalue weighted by molar-refractivity contribution is 9.10. The van der Waals surface area contributed by atoms with Gasteiger partial charge in [-0.1, -0.05) is 36.2 Å². The van der Waals surface area contributed by atoms with E-state index in [2.05, 4.69) is 47.2 Å². The normalized spacial score (nSPS) is 13.1. The number of rotatable bonds is 6. The zero-order valence-corrected chi connectivity index (χ0v) is 12.6. The van der Waals surface area contributed by atoms with Gasteiger partial charge in [0.1, 0.15) is 11.3 Å². The van der Waals surface area contributed by atoms with E-state index < -0.39 is 0 Å². The molecule has 0 aliphatic heterocycles. The monoisotopic (exact) mass is 309 g/mol. The first-order valence-corrected chi connectivity index (χ1v) is 7.46. The van der Waals surface area contributed by atoms with E-state index in [1.165, 1.54) is 5.39 Å². The summed E-state index contributed by atoms with van der Waals surface area (Å²) in [6.07, 6.45) is 3.41. The van der Waals surface area contributed by atoms with Crippen molar-refractivity contribution in [2.24, 2.45) is 0 Å². The van der Waals surface area contributed by atoms with Crippen molar-refractivity contribution in [3.05, 3.63) is 34.5 Å². The molecule has 1 atom stereocenters. The van der Waals surface area contributed by atoms with Crippen LogP contribution in [0.3, 0.4) is 0 Å². The van der Waals surface area contributed by atoms with Crippen molar-refractivity contribution >= 4 is 26.9 Å². The number of hydrogen-bond donors (Lipinski definition) is 1. The zero-order chi connectivity index (χ0) is 13.0. The van der Waals surface area contributed by atoms with E-state index in [0.717, 1.165) is 41.6 Å². The summed E-state index contributed by atoms with van der Waals surface area (Å²) in [5, 5.41) is 4.72. The second-order valence-electron chi connectivity index (χ2n) is 4.63. The summed E-state index contributed by atoms with van der Waals surface area (Å²) < 4.78 is 7.04. The van der Waals surface area contributed by atoms with Gasteiger partial charge < -0.3 is 9.73 Å². The lowest BCUT2D eigenvalue weighted by molar-refractivity contribution is 0.408. The molecule has 0 aliphatic carbocycles. The van der Waals surface area contributed by atoms with Crippen LogP contribution in [0.1, 0.15) is 44.9 Å². The summed E-state index contributed by atoms with van der Waals surface area (Å²) in [6.45, 7) is 5.43. The van der Waals surface area contributed by atoms with E-state index in [1.807, 2.05) is 12.1 Å². The molecule has 0 aliphatic rings. The van der Waals surface area contributed by atoms with Gasteiger partial charge in [0.25, 0.3) is 0 Å². The molecule has 1 aromatic heterocycles. The standard InChI is InChI=1S/C15H20BrNO/c1-3-5-13(17-8-4-2)15-10-11-9-12(16)6-7-14(11)18-15/h6-7,9-10,13,17H,3-5,8H2,1-2H3. The third-order valence-electron chi connectivity index (χ3n) is 3.06. The Bertz CT molecular complexity index is 506. The van der Waals surface area contributed by atoms with Gasteiger partial charge >= 0.3 is 0 Å². The summed E-state index contributed by atoms with van der Waals surface area (Å²) in [4.78, 5) is 0. The topological polar surface area (TPSA) is 25.2 Å². The Morgan fingerprint density at radius 3 is 2.78 bits per heavy atom. The van der Waals surface area contributed by atoms with E-state index in [0.29, 0.717) is 6.04 Å². The molecule has 0 amide bonds. The molecule has 1 aromatic carbocycles. The fraction of sp³-hybridized carbons (Fsp3) is 0.467.